The van der Waals surface area contributed by atoms with Crippen LogP contribution >= 0.6 is 0 Å². The SMILES string of the molecule is COc1ccc(/C=C/C(C#N)OC(=O)c2ccccc2)cc1. The molecule has 0 spiro atoms. The predicted octanol–water partition coefficient (Wildman–Crippen LogP) is 3.46. The minimum atomic E-state index is -0.935. The quantitative estimate of drug-likeness (QED) is 0.792. The van der Waals surface area contributed by atoms with Crippen molar-refractivity contribution in [2.24, 2.45) is 0 Å². The van der Waals surface area contributed by atoms with Crippen LogP contribution in [0.4, 0.5) is 0 Å². The minimum Gasteiger partial charge on any atom is -0.497 e. The number of nitrogens with zero attached hydrogens (tertiary/aromatic N) is 1. The predicted molar refractivity (Wildman–Crippen MR) is 83.3 cm³/mol. The summed E-state index contributed by atoms with van der Waals surface area (Å²) in [5, 5.41) is 9.08. The van der Waals surface area contributed by atoms with Gasteiger partial charge in [0.05, 0.1) is 12.7 Å². The first-order valence-electron chi connectivity index (χ1n) is 6.71. The molecule has 0 aliphatic heterocycles. The Hall–Kier alpha value is -3.06. The molecule has 0 amide bonds. The Kier molecular flexibility index (Phi) is 5.33. The molecule has 0 saturated heterocycles. The molecule has 22 heavy (non-hydrogen) atoms. The van der Waals surface area contributed by atoms with E-state index in [1.807, 2.05) is 36.4 Å². The summed E-state index contributed by atoms with van der Waals surface area (Å²) in [4.78, 5) is 11.9. The van der Waals surface area contributed by atoms with Crippen molar-refractivity contribution in [3.63, 3.8) is 0 Å². The highest BCUT2D eigenvalue weighted by molar-refractivity contribution is 5.89. The molecule has 0 radical (unpaired) electrons. The standard InChI is InChI=1S/C18H15NO3/c1-21-16-10-7-14(8-11-16)9-12-17(13-19)22-18(20)15-5-3-2-4-6-15/h2-12,17H,1H3/b12-9+. The molecule has 4 nitrogen and oxygen atoms in total. The third-order valence-corrected chi connectivity index (χ3v) is 2.95. The van der Waals surface area contributed by atoms with Gasteiger partial charge in [-0.1, -0.05) is 36.4 Å². The van der Waals surface area contributed by atoms with E-state index in [2.05, 4.69) is 0 Å². The second kappa shape index (κ2) is 7.65. The first kappa shape index (κ1) is 15.3. The lowest BCUT2D eigenvalue weighted by molar-refractivity contribution is 0.0473. The van der Waals surface area contributed by atoms with Crippen molar-refractivity contribution in [2.45, 2.75) is 6.10 Å². The fourth-order valence-electron chi connectivity index (χ4n) is 1.78. The van der Waals surface area contributed by atoms with Crippen LogP contribution in [0.1, 0.15) is 15.9 Å². The summed E-state index contributed by atoms with van der Waals surface area (Å²) < 4.78 is 10.2. The van der Waals surface area contributed by atoms with Gasteiger partial charge in [0.2, 0.25) is 6.10 Å². The summed E-state index contributed by atoms with van der Waals surface area (Å²) >= 11 is 0. The number of ether oxygens (including phenoxy) is 2. The van der Waals surface area contributed by atoms with Gasteiger partial charge >= 0.3 is 5.97 Å². The summed E-state index contributed by atoms with van der Waals surface area (Å²) in [6, 6.07) is 17.8. The highest BCUT2D eigenvalue weighted by atomic mass is 16.5. The third-order valence-electron chi connectivity index (χ3n) is 2.95. The normalized spacial score (nSPS) is 11.6. The summed E-state index contributed by atoms with van der Waals surface area (Å²) in [6.07, 6.45) is 2.34. The highest BCUT2D eigenvalue weighted by Crippen LogP contribution is 2.13. The van der Waals surface area contributed by atoms with Crippen molar-refractivity contribution in [3.05, 3.63) is 71.8 Å². The highest BCUT2D eigenvalue weighted by Gasteiger charge is 2.12. The molecule has 0 heterocycles. The second-order valence-electron chi connectivity index (χ2n) is 4.45. The van der Waals surface area contributed by atoms with Crippen molar-refractivity contribution < 1.29 is 14.3 Å². The number of hydrogen-bond acceptors (Lipinski definition) is 4. The van der Waals surface area contributed by atoms with Crippen LogP contribution in [-0.4, -0.2) is 19.2 Å². The Bertz CT molecular complexity index is 685. The third kappa shape index (κ3) is 4.22. The fourth-order valence-corrected chi connectivity index (χ4v) is 1.78. The van der Waals surface area contributed by atoms with Crippen LogP contribution in [-0.2, 0) is 4.74 Å². The Morgan fingerprint density at radius 3 is 2.41 bits per heavy atom. The van der Waals surface area contributed by atoms with E-state index in [0.29, 0.717) is 5.56 Å². The molecule has 0 N–H and O–H groups in total. The molecule has 2 rings (SSSR count). The lowest BCUT2D eigenvalue weighted by atomic mass is 10.2. The molecule has 2 aromatic carbocycles. The average Bonchev–Trinajstić information content (AvgIpc) is 2.59. The molecule has 110 valence electrons. The maximum Gasteiger partial charge on any atom is 0.339 e. The number of benzene rings is 2. The number of esters is 1. The van der Waals surface area contributed by atoms with E-state index in [9.17, 15) is 4.79 Å². The maximum absolute atomic E-state index is 11.9. The van der Waals surface area contributed by atoms with Gasteiger partial charge in [-0.2, -0.15) is 5.26 Å². The van der Waals surface area contributed by atoms with E-state index in [1.165, 1.54) is 0 Å². The maximum atomic E-state index is 11.9. The molecular weight excluding hydrogens is 278 g/mol. The monoisotopic (exact) mass is 293 g/mol. The minimum absolute atomic E-state index is 0.417. The van der Waals surface area contributed by atoms with Crippen LogP contribution in [0.2, 0.25) is 0 Å². The van der Waals surface area contributed by atoms with Crippen LogP contribution in [0.15, 0.2) is 60.7 Å². The zero-order chi connectivity index (χ0) is 15.8. The number of rotatable bonds is 5. The van der Waals surface area contributed by atoms with Gasteiger partial charge in [-0.05, 0) is 35.9 Å². The van der Waals surface area contributed by atoms with Crippen LogP contribution in [0.5, 0.6) is 5.75 Å². The smallest absolute Gasteiger partial charge is 0.339 e. The lowest BCUT2D eigenvalue weighted by Gasteiger charge is -2.07. The first-order valence-corrected chi connectivity index (χ1v) is 6.71. The Morgan fingerprint density at radius 2 is 1.82 bits per heavy atom. The van der Waals surface area contributed by atoms with Crippen molar-refractivity contribution in [1.82, 2.24) is 0 Å². The number of carbonyl (C=O) groups excluding carboxylic acids is 1. The van der Waals surface area contributed by atoms with Gasteiger partial charge in [-0.25, -0.2) is 4.79 Å². The molecule has 4 heteroatoms. The first-order chi connectivity index (χ1) is 10.7. The number of carbonyl (C=O) groups is 1. The largest absolute Gasteiger partial charge is 0.497 e. The van der Waals surface area contributed by atoms with Gasteiger partial charge in [0.15, 0.2) is 0 Å². The summed E-state index contributed by atoms with van der Waals surface area (Å²) in [5.41, 5.74) is 1.30. The molecular formula is C18H15NO3. The van der Waals surface area contributed by atoms with Crippen molar-refractivity contribution in [3.8, 4) is 11.8 Å². The van der Waals surface area contributed by atoms with Gasteiger partial charge in [-0.3, -0.25) is 0 Å². The van der Waals surface area contributed by atoms with Crippen LogP contribution in [0, 0.1) is 11.3 Å². The second-order valence-corrected chi connectivity index (χ2v) is 4.45. The number of nitriles is 1. The summed E-state index contributed by atoms with van der Waals surface area (Å²) in [7, 11) is 1.60. The van der Waals surface area contributed by atoms with Gasteiger partial charge in [0.25, 0.3) is 0 Å². The molecule has 1 unspecified atom stereocenters. The van der Waals surface area contributed by atoms with Crippen LogP contribution < -0.4 is 4.74 Å². The Morgan fingerprint density at radius 1 is 1.14 bits per heavy atom. The fraction of sp³-hybridized carbons (Fsp3) is 0.111. The number of hydrogen-bond donors (Lipinski definition) is 0. The topological polar surface area (TPSA) is 59.3 Å². The molecule has 0 bridgehead atoms. The number of methoxy groups -OCH3 is 1. The van der Waals surface area contributed by atoms with Crippen molar-refractivity contribution in [1.29, 1.82) is 5.26 Å². The van der Waals surface area contributed by atoms with E-state index in [-0.39, 0.29) is 0 Å². The van der Waals surface area contributed by atoms with Crippen molar-refractivity contribution in [2.75, 3.05) is 7.11 Å². The average molecular weight is 293 g/mol. The van der Waals surface area contributed by atoms with Gasteiger partial charge in [0, 0.05) is 0 Å². The zero-order valence-electron chi connectivity index (χ0n) is 12.1. The van der Waals surface area contributed by atoms with E-state index < -0.39 is 12.1 Å². The van der Waals surface area contributed by atoms with E-state index in [4.69, 9.17) is 14.7 Å². The van der Waals surface area contributed by atoms with Crippen LogP contribution in [0.25, 0.3) is 6.08 Å². The van der Waals surface area contributed by atoms with Gasteiger partial charge in [-0.15, -0.1) is 0 Å². The molecule has 0 aliphatic rings. The van der Waals surface area contributed by atoms with E-state index >= 15 is 0 Å². The molecule has 2 aromatic rings. The summed E-state index contributed by atoms with van der Waals surface area (Å²) in [6.45, 7) is 0. The van der Waals surface area contributed by atoms with Crippen molar-refractivity contribution >= 4 is 12.0 Å². The summed E-state index contributed by atoms with van der Waals surface area (Å²) in [5.74, 6) is 0.232. The van der Waals surface area contributed by atoms with E-state index in [1.54, 1.807) is 43.5 Å². The lowest BCUT2D eigenvalue weighted by Crippen LogP contribution is -2.14. The van der Waals surface area contributed by atoms with Gasteiger partial charge in [0.1, 0.15) is 11.8 Å². The van der Waals surface area contributed by atoms with Gasteiger partial charge < -0.3 is 9.47 Å². The van der Waals surface area contributed by atoms with Crippen LogP contribution in [0.3, 0.4) is 0 Å². The zero-order valence-corrected chi connectivity index (χ0v) is 12.1. The molecule has 0 saturated carbocycles. The molecule has 0 aliphatic carbocycles. The van der Waals surface area contributed by atoms with E-state index in [0.717, 1.165) is 11.3 Å². The molecule has 0 aromatic heterocycles. The molecule has 1 atom stereocenters. The molecule has 0 fully saturated rings. The Labute approximate surface area is 129 Å². The Balaban J connectivity index is 2.01.